The fourth-order valence-electron chi connectivity index (χ4n) is 0.882. The maximum absolute atomic E-state index is 4.17. The predicted molar refractivity (Wildman–Crippen MR) is 57.8 cm³/mol. The van der Waals surface area contributed by atoms with Crippen LogP contribution in [0, 0.1) is 0 Å². The van der Waals surface area contributed by atoms with Crippen LogP contribution in [0.2, 0.25) is 0 Å². The van der Waals surface area contributed by atoms with Gasteiger partial charge < -0.3 is 5.32 Å². The molecule has 0 aromatic carbocycles. The van der Waals surface area contributed by atoms with Gasteiger partial charge in [0.05, 0.1) is 0 Å². The normalized spacial score (nSPS) is 10.1. The second-order valence-electron chi connectivity index (χ2n) is 2.39. The molecule has 72 valence electrons. The molecule has 0 fully saturated rings. The van der Waals surface area contributed by atoms with Gasteiger partial charge in [-0.25, -0.2) is 15.0 Å². The molecule has 2 heterocycles. The predicted octanol–water partition coefficient (Wildman–Crippen LogP) is 2.13. The van der Waals surface area contributed by atoms with Crippen molar-refractivity contribution in [1.29, 1.82) is 0 Å². The lowest BCUT2D eigenvalue weighted by Gasteiger charge is -1.99. The maximum atomic E-state index is 4.17. The van der Waals surface area contributed by atoms with Crippen molar-refractivity contribution < 1.29 is 0 Å². The molecule has 14 heavy (non-hydrogen) atoms. The van der Waals surface area contributed by atoms with Crippen molar-refractivity contribution in [2.75, 3.05) is 12.4 Å². The van der Waals surface area contributed by atoms with E-state index in [1.165, 1.54) is 0 Å². The van der Waals surface area contributed by atoms with E-state index in [2.05, 4.69) is 20.3 Å². The second kappa shape index (κ2) is 4.39. The van der Waals surface area contributed by atoms with E-state index < -0.39 is 0 Å². The lowest BCUT2D eigenvalue weighted by atomic mass is 10.6. The van der Waals surface area contributed by atoms with E-state index in [9.17, 15) is 0 Å². The van der Waals surface area contributed by atoms with E-state index in [4.69, 9.17) is 0 Å². The second-order valence-corrected chi connectivity index (χ2v) is 4.55. The Morgan fingerprint density at radius 3 is 3.00 bits per heavy atom. The smallest absolute Gasteiger partial charge is 0.156 e. The number of anilines is 1. The first-order valence-electron chi connectivity index (χ1n) is 3.95. The molecule has 2 aromatic heterocycles. The van der Waals surface area contributed by atoms with E-state index in [0.717, 1.165) is 15.2 Å². The van der Waals surface area contributed by atoms with Crippen molar-refractivity contribution in [3.05, 3.63) is 24.0 Å². The Labute approximate surface area is 89.8 Å². The number of thiazole rings is 1. The minimum absolute atomic E-state index is 0.819. The molecule has 0 saturated heterocycles. The molecule has 1 N–H and O–H groups in total. The Morgan fingerprint density at radius 2 is 2.29 bits per heavy atom. The van der Waals surface area contributed by atoms with Crippen LogP contribution in [0.1, 0.15) is 0 Å². The summed E-state index contributed by atoms with van der Waals surface area (Å²) >= 11 is 3.14. The zero-order valence-corrected chi connectivity index (χ0v) is 9.10. The summed E-state index contributed by atoms with van der Waals surface area (Å²) in [5.74, 6) is 0.819. The molecule has 0 unspecified atom stereocenters. The number of rotatable bonds is 3. The van der Waals surface area contributed by atoms with Gasteiger partial charge in [-0.2, -0.15) is 0 Å². The van der Waals surface area contributed by atoms with Crippen LogP contribution in [0.25, 0.3) is 0 Å². The highest BCUT2D eigenvalue weighted by Crippen LogP contribution is 2.27. The highest BCUT2D eigenvalue weighted by atomic mass is 32.2. The largest absolute Gasteiger partial charge is 0.373 e. The van der Waals surface area contributed by atoms with Gasteiger partial charge in [-0.1, -0.05) is 0 Å². The average Bonchev–Trinajstić information content (AvgIpc) is 2.71. The Kier molecular flexibility index (Phi) is 2.95. The lowest BCUT2D eigenvalue weighted by molar-refractivity contribution is 1.04. The van der Waals surface area contributed by atoms with Gasteiger partial charge in [-0.3, -0.25) is 0 Å². The number of nitrogens with one attached hydrogen (secondary N) is 1. The molecule has 0 saturated carbocycles. The van der Waals surface area contributed by atoms with Gasteiger partial charge in [0.1, 0.15) is 17.2 Å². The fraction of sp³-hybridized carbons (Fsp3) is 0.125. The standard InChI is InChI=1S/C8H8N4S2/c1-9-6-4-7(12-5-11-6)14-8-10-2-3-13-8/h2-5H,1H3,(H,9,11,12). The monoisotopic (exact) mass is 224 g/mol. The van der Waals surface area contributed by atoms with E-state index in [0.29, 0.717) is 0 Å². The van der Waals surface area contributed by atoms with Gasteiger partial charge in [0.25, 0.3) is 0 Å². The first kappa shape index (κ1) is 9.42. The molecule has 0 aliphatic rings. The molecule has 2 aromatic rings. The molecule has 6 heteroatoms. The third-order valence-corrected chi connectivity index (χ3v) is 3.32. The minimum Gasteiger partial charge on any atom is -0.373 e. The van der Waals surface area contributed by atoms with Gasteiger partial charge >= 0.3 is 0 Å². The average molecular weight is 224 g/mol. The first-order valence-corrected chi connectivity index (χ1v) is 5.65. The molecule has 0 spiro atoms. The Hall–Kier alpha value is -1.14. The lowest BCUT2D eigenvalue weighted by Crippen LogP contribution is -1.92. The summed E-state index contributed by atoms with van der Waals surface area (Å²) in [6.07, 6.45) is 3.33. The number of hydrogen-bond acceptors (Lipinski definition) is 6. The van der Waals surface area contributed by atoms with E-state index in [1.54, 1.807) is 35.6 Å². The molecule has 0 amide bonds. The fourth-order valence-corrected chi connectivity index (χ4v) is 2.42. The molecule has 4 nitrogen and oxygen atoms in total. The van der Waals surface area contributed by atoms with Crippen molar-refractivity contribution in [3.8, 4) is 0 Å². The van der Waals surface area contributed by atoms with Crippen molar-refractivity contribution in [3.63, 3.8) is 0 Å². The zero-order valence-electron chi connectivity index (χ0n) is 7.47. The quantitative estimate of drug-likeness (QED) is 0.809. The summed E-state index contributed by atoms with van der Waals surface area (Å²) in [6.45, 7) is 0. The van der Waals surface area contributed by atoms with Crippen LogP contribution in [0.15, 0.2) is 33.3 Å². The van der Waals surface area contributed by atoms with Gasteiger partial charge in [-0.15, -0.1) is 11.3 Å². The van der Waals surface area contributed by atoms with Crippen LogP contribution in [-0.4, -0.2) is 22.0 Å². The Bertz CT molecular complexity index is 401. The van der Waals surface area contributed by atoms with Crippen molar-refractivity contribution in [2.24, 2.45) is 0 Å². The van der Waals surface area contributed by atoms with Crippen LogP contribution in [0.5, 0.6) is 0 Å². The summed E-state index contributed by atoms with van der Waals surface area (Å²) < 4.78 is 0.991. The SMILES string of the molecule is CNc1cc(Sc2nccs2)ncn1. The third-order valence-electron chi connectivity index (χ3n) is 1.50. The number of aromatic nitrogens is 3. The Balaban J connectivity index is 2.17. The van der Waals surface area contributed by atoms with Crippen molar-refractivity contribution >= 4 is 28.9 Å². The third kappa shape index (κ3) is 2.21. The van der Waals surface area contributed by atoms with E-state index >= 15 is 0 Å². The van der Waals surface area contributed by atoms with Crippen LogP contribution in [0.4, 0.5) is 5.82 Å². The highest BCUT2D eigenvalue weighted by Gasteiger charge is 2.01. The molecule has 0 bridgehead atoms. The summed E-state index contributed by atoms with van der Waals surface area (Å²) in [7, 11) is 1.83. The van der Waals surface area contributed by atoms with Gasteiger partial charge in [0.2, 0.25) is 0 Å². The van der Waals surface area contributed by atoms with Gasteiger partial charge in [0.15, 0.2) is 4.34 Å². The molecule has 0 radical (unpaired) electrons. The van der Waals surface area contributed by atoms with E-state index in [1.807, 2.05) is 18.5 Å². The van der Waals surface area contributed by atoms with E-state index in [-0.39, 0.29) is 0 Å². The summed E-state index contributed by atoms with van der Waals surface area (Å²) in [6, 6.07) is 1.89. The van der Waals surface area contributed by atoms with Crippen LogP contribution in [-0.2, 0) is 0 Å². The van der Waals surface area contributed by atoms with Gasteiger partial charge in [-0.05, 0) is 11.8 Å². The first-order chi connectivity index (χ1) is 6.88. The molecule has 2 rings (SSSR count). The van der Waals surface area contributed by atoms with Crippen molar-refractivity contribution in [2.45, 2.75) is 9.37 Å². The maximum Gasteiger partial charge on any atom is 0.156 e. The number of nitrogens with zero attached hydrogens (tertiary/aromatic N) is 3. The minimum atomic E-state index is 0.819. The molecular weight excluding hydrogens is 216 g/mol. The highest BCUT2D eigenvalue weighted by molar-refractivity contribution is 8.00. The van der Waals surface area contributed by atoms with Crippen molar-refractivity contribution in [1.82, 2.24) is 15.0 Å². The van der Waals surface area contributed by atoms with Crippen LogP contribution in [0.3, 0.4) is 0 Å². The van der Waals surface area contributed by atoms with Crippen LogP contribution >= 0.6 is 23.1 Å². The molecule has 0 aliphatic heterocycles. The topological polar surface area (TPSA) is 50.7 Å². The Morgan fingerprint density at radius 1 is 1.36 bits per heavy atom. The summed E-state index contributed by atoms with van der Waals surface area (Å²) in [5.41, 5.74) is 0. The summed E-state index contributed by atoms with van der Waals surface area (Å²) in [5, 5.41) is 5.81. The molecule has 0 atom stereocenters. The zero-order chi connectivity index (χ0) is 9.80. The van der Waals surface area contributed by atoms with Crippen LogP contribution < -0.4 is 5.32 Å². The summed E-state index contributed by atoms with van der Waals surface area (Å²) in [4.78, 5) is 12.3. The number of hydrogen-bond donors (Lipinski definition) is 1. The van der Waals surface area contributed by atoms with Gasteiger partial charge in [0, 0.05) is 24.7 Å². The molecular formula is C8H8N4S2. The molecule has 0 aliphatic carbocycles.